The van der Waals surface area contributed by atoms with Gasteiger partial charge in [0.2, 0.25) is 0 Å². The first-order valence-corrected chi connectivity index (χ1v) is 9.74. The van der Waals surface area contributed by atoms with E-state index in [4.69, 9.17) is 0 Å². The summed E-state index contributed by atoms with van der Waals surface area (Å²) in [5.74, 6) is -0.571. The molecule has 0 atom stereocenters. The molecule has 3 heterocycles. The third-order valence-corrected chi connectivity index (χ3v) is 6.59. The quantitative estimate of drug-likeness (QED) is 0.674. The number of benzene rings is 1. The number of fused-ring (bicyclic) bond motifs is 1. The number of hydrogen-bond acceptors (Lipinski definition) is 5. The van der Waals surface area contributed by atoms with Gasteiger partial charge in [0, 0.05) is 19.1 Å². The Hall–Kier alpha value is -2.79. The first-order chi connectivity index (χ1) is 12.9. The van der Waals surface area contributed by atoms with E-state index in [1.165, 1.54) is 29.0 Å². The number of hydrogen-bond donors (Lipinski definition) is 2. The Labute approximate surface area is 152 Å². The average Bonchev–Trinajstić information content (AvgIpc) is 3.19. The molecular weight excluding hydrogens is 377 g/mol. The van der Waals surface area contributed by atoms with Crippen LogP contribution in [0.25, 0.3) is 10.9 Å². The summed E-state index contributed by atoms with van der Waals surface area (Å²) in [6.45, 7) is 0.304. The van der Waals surface area contributed by atoms with E-state index in [0.29, 0.717) is 0 Å². The van der Waals surface area contributed by atoms with Gasteiger partial charge in [0.05, 0.1) is 23.4 Å². The standard InChI is InChI=1S/C16H16FN5O4S/c17-10-1-2-13-12(7-10)15(23)22(16(24)20-13)11-3-5-21(6-4-11)27(25,26)14-8-18-9-19-14/h1-2,7-9,11H,3-6H2,(H,18,19)(H,20,24). The van der Waals surface area contributed by atoms with Crippen LogP contribution >= 0.6 is 0 Å². The van der Waals surface area contributed by atoms with E-state index in [9.17, 15) is 22.4 Å². The van der Waals surface area contributed by atoms with Gasteiger partial charge < -0.3 is 9.97 Å². The maximum absolute atomic E-state index is 13.5. The van der Waals surface area contributed by atoms with Crippen LogP contribution in [-0.2, 0) is 10.0 Å². The lowest BCUT2D eigenvalue weighted by Crippen LogP contribution is -2.45. The van der Waals surface area contributed by atoms with Gasteiger partial charge in [-0.2, -0.15) is 4.31 Å². The van der Waals surface area contributed by atoms with Gasteiger partial charge in [0.25, 0.3) is 15.6 Å². The van der Waals surface area contributed by atoms with Crippen LogP contribution in [0, 0.1) is 5.82 Å². The summed E-state index contributed by atoms with van der Waals surface area (Å²) in [5.41, 5.74) is -0.904. The summed E-state index contributed by atoms with van der Waals surface area (Å²) in [4.78, 5) is 33.9. The van der Waals surface area contributed by atoms with Crippen LogP contribution in [-0.4, -0.2) is 45.3 Å². The number of nitrogens with one attached hydrogen (secondary N) is 2. The summed E-state index contributed by atoms with van der Waals surface area (Å²) in [5, 5.41) is 0.0826. The molecule has 0 spiro atoms. The first-order valence-electron chi connectivity index (χ1n) is 8.30. The molecule has 0 amide bonds. The number of imidazole rings is 1. The van der Waals surface area contributed by atoms with Crippen molar-refractivity contribution >= 4 is 20.9 Å². The van der Waals surface area contributed by atoms with Crippen molar-refractivity contribution in [2.45, 2.75) is 23.9 Å². The zero-order valence-electron chi connectivity index (χ0n) is 14.1. The number of H-pyrrole nitrogens is 2. The van der Waals surface area contributed by atoms with Crippen molar-refractivity contribution in [2.75, 3.05) is 13.1 Å². The number of rotatable bonds is 3. The van der Waals surface area contributed by atoms with Crippen LogP contribution in [0.5, 0.6) is 0 Å². The molecule has 0 bridgehead atoms. The Kier molecular flexibility index (Phi) is 4.19. The van der Waals surface area contributed by atoms with Crippen LogP contribution in [0.1, 0.15) is 18.9 Å². The molecule has 4 rings (SSSR count). The monoisotopic (exact) mass is 393 g/mol. The van der Waals surface area contributed by atoms with Gasteiger partial charge in [0.1, 0.15) is 5.82 Å². The molecule has 2 aromatic heterocycles. The fraction of sp³-hybridized carbons (Fsp3) is 0.312. The maximum atomic E-state index is 13.5. The zero-order valence-corrected chi connectivity index (χ0v) is 14.9. The minimum atomic E-state index is -3.69. The Morgan fingerprint density at radius 3 is 2.59 bits per heavy atom. The Bertz CT molecular complexity index is 1210. The normalized spacial score (nSPS) is 16.8. The van der Waals surface area contributed by atoms with E-state index in [1.807, 2.05) is 0 Å². The molecule has 142 valence electrons. The number of aromatic amines is 2. The van der Waals surface area contributed by atoms with E-state index in [-0.39, 0.29) is 41.9 Å². The number of aromatic nitrogens is 4. The van der Waals surface area contributed by atoms with Crippen molar-refractivity contribution in [1.29, 1.82) is 0 Å². The molecular formula is C16H16FN5O4S. The third-order valence-electron chi connectivity index (χ3n) is 4.77. The van der Waals surface area contributed by atoms with Gasteiger partial charge in [-0.05, 0) is 31.0 Å². The van der Waals surface area contributed by atoms with Crippen LogP contribution in [0.4, 0.5) is 4.39 Å². The van der Waals surface area contributed by atoms with Crippen molar-refractivity contribution in [1.82, 2.24) is 23.8 Å². The smallest absolute Gasteiger partial charge is 0.329 e. The molecule has 1 aromatic carbocycles. The van der Waals surface area contributed by atoms with Crippen molar-refractivity contribution in [3.8, 4) is 0 Å². The zero-order chi connectivity index (χ0) is 19.2. The highest BCUT2D eigenvalue weighted by Crippen LogP contribution is 2.24. The van der Waals surface area contributed by atoms with Crippen molar-refractivity contribution < 1.29 is 12.8 Å². The van der Waals surface area contributed by atoms with Gasteiger partial charge in [-0.1, -0.05) is 0 Å². The highest BCUT2D eigenvalue weighted by Gasteiger charge is 2.32. The van der Waals surface area contributed by atoms with Crippen LogP contribution in [0.2, 0.25) is 0 Å². The van der Waals surface area contributed by atoms with Gasteiger partial charge in [-0.25, -0.2) is 22.6 Å². The summed E-state index contributed by atoms with van der Waals surface area (Å²) in [6.07, 6.45) is 3.09. The summed E-state index contributed by atoms with van der Waals surface area (Å²) < 4.78 is 40.9. The van der Waals surface area contributed by atoms with Gasteiger partial charge in [-0.3, -0.25) is 9.36 Å². The van der Waals surface area contributed by atoms with Gasteiger partial charge in [-0.15, -0.1) is 0 Å². The minimum Gasteiger partial charge on any atom is -0.335 e. The largest absolute Gasteiger partial charge is 0.335 e. The molecule has 27 heavy (non-hydrogen) atoms. The fourth-order valence-corrected chi connectivity index (χ4v) is 4.76. The predicted octanol–water partition coefficient (Wildman–Crippen LogP) is 0.578. The van der Waals surface area contributed by atoms with Crippen LogP contribution < -0.4 is 11.2 Å². The number of piperidine rings is 1. The second-order valence-corrected chi connectivity index (χ2v) is 8.25. The van der Waals surface area contributed by atoms with Crippen molar-refractivity contribution in [2.24, 2.45) is 0 Å². The molecule has 11 heteroatoms. The summed E-state index contributed by atoms with van der Waals surface area (Å²) >= 11 is 0. The molecule has 0 aliphatic carbocycles. The van der Waals surface area contributed by atoms with Gasteiger partial charge >= 0.3 is 5.69 Å². The lowest BCUT2D eigenvalue weighted by atomic mass is 10.1. The molecule has 1 aliphatic rings. The third kappa shape index (κ3) is 2.98. The Morgan fingerprint density at radius 1 is 1.19 bits per heavy atom. The van der Waals surface area contributed by atoms with Crippen molar-refractivity contribution in [3.63, 3.8) is 0 Å². The van der Waals surface area contributed by atoms with E-state index in [1.54, 1.807) is 0 Å². The summed E-state index contributed by atoms with van der Waals surface area (Å²) in [6, 6.07) is 3.13. The van der Waals surface area contributed by atoms with Gasteiger partial charge in [0.15, 0.2) is 5.03 Å². The molecule has 0 unspecified atom stereocenters. The highest BCUT2D eigenvalue weighted by molar-refractivity contribution is 7.89. The molecule has 0 saturated carbocycles. The molecule has 3 aromatic rings. The molecule has 1 aliphatic heterocycles. The second kappa shape index (κ2) is 6.43. The van der Waals surface area contributed by atoms with Crippen molar-refractivity contribution in [3.05, 3.63) is 57.4 Å². The molecule has 9 nitrogen and oxygen atoms in total. The fourth-order valence-electron chi connectivity index (χ4n) is 3.40. The maximum Gasteiger partial charge on any atom is 0.329 e. The van der Waals surface area contributed by atoms with E-state index in [0.717, 1.165) is 10.6 Å². The minimum absolute atomic E-state index is 0.00264. The Morgan fingerprint density at radius 2 is 1.93 bits per heavy atom. The molecule has 0 radical (unpaired) electrons. The first kappa shape index (κ1) is 17.6. The topological polar surface area (TPSA) is 121 Å². The lowest BCUT2D eigenvalue weighted by molar-refractivity contribution is 0.265. The van der Waals surface area contributed by atoms with E-state index in [2.05, 4.69) is 15.0 Å². The molecule has 2 N–H and O–H groups in total. The Balaban J connectivity index is 1.64. The number of nitrogens with zero attached hydrogens (tertiary/aromatic N) is 3. The average molecular weight is 393 g/mol. The number of halogens is 1. The van der Waals surface area contributed by atoms with E-state index >= 15 is 0 Å². The van der Waals surface area contributed by atoms with Crippen LogP contribution in [0.15, 0.2) is 45.3 Å². The molecule has 1 fully saturated rings. The predicted molar refractivity (Wildman–Crippen MR) is 94.4 cm³/mol. The summed E-state index contributed by atoms with van der Waals surface area (Å²) in [7, 11) is -3.69. The molecule has 1 saturated heterocycles. The van der Waals surface area contributed by atoms with E-state index < -0.39 is 33.1 Å². The second-order valence-electron chi connectivity index (χ2n) is 6.35. The van der Waals surface area contributed by atoms with Crippen LogP contribution in [0.3, 0.4) is 0 Å². The highest BCUT2D eigenvalue weighted by atomic mass is 32.2. The SMILES string of the molecule is O=c1[nH]c2ccc(F)cc2c(=O)n1C1CCN(S(=O)(=O)c2cnc[nH]2)CC1. The number of sulfonamides is 1. The lowest BCUT2D eigenvalue weighted by Gasteiger charge is -2.31.